The minimum absolute atomic E-state index is 0.331. The van der Waals surface area contributed by atoms with Crippen molar-refractivity contribution in [1.82, 2.24) is 0 Å². The summed E-state index contributed by atoms with van der Waals surface area (Å²) in [5.74, 6) is 0.906. The van der Waals surface area contributed by atoms with Crippen LogP contribution in [0.4, 0.5) is 0 Å². The highest BCUT2D eigenvalue weighted by Crippen LogP contribution is 2.36. The number of hydrogen-bond acceptors (Lipinski definition) is 4. The fourth-order valence-corrected chi connectivity index (χ4v) is 2.24. The van der Waals surface area contributed by atoms with Crippen molar-refractivity contribution >= 4 is 0 Å². The molecule has 1 unspecified atom stereocenters. The van der Waals surface area contributed by atoms with Crippen LogP contribution in [0, 0.1) is 0 Å². The summed E-state index contributed by atoms with van der Waals surface area (Å²) in [5.41, 5.74) is 7.25. The maximum Gasteiger partial charge on any atom is 0.124 e. The highest BCUT2D eigenvalue weighted by molar-refractivity contribution is 5.40. The second-order valence-corrected chi connectivity index (χ2v) is 4.61. The lowest BCUT2D eigenvalue weighted by molar-refractivity contribution is 0.0563. The van der Waals surface area contributed by atoms with Gasteiger partial charge in [-0.2, -0.15) is 0 Å². The van der Waals surface area contributed by atoms with Gasteiger partial charge in [-0.05, 0) is 12.5 Å². The normalized spacial score (nSPS) is 22.3. The van der Waals surface area contributed by atoms with Crippen molar-refractivity contribution in [2.24, 2.45) is 5.73 Å². The van der Waals surface area contributed by atoms with Crippen LogP contribution in [0.15, 0.2) is 24.3 Å². The molecule has 0 bridgehead atoms. The van der Waals surface area contributed by atoms with Gasteiger partial charge in [0.15, 0.2) is 0 Å². The fraction of sp³-hybridized carbons (Fsp3) is 0.571. The Hall–Kier alpha value is -1.10. The zero-order valence-corrected chi connectivity index (χ0v) is 10.9. The van der Waals surface area contributed by atoms with E-state index < -0.39 is 0 Å². The predicted molar refractivity (Wildman–Crippen MR) is 69.7 cm³/mol. The van der Waals surface area contributed by atoms with Gasteiger partial charge in [-0.1, -0.05) is 18.2 Å². The molecule has 0 aromatic heterocycles. The van der Waals surface area contributed by atoms with E-state index in [9.17, 15) is 0 Å². The summed E-state index contributed by atoms with van der Waals surface area (Å²) < 4.78 is 16.1. The lowest BCUT2D eigenvalue weighted by Crippen LogP contribution is -2.42. The number of hydrogen-bond donors (Lipinski definition) is 1. The van der Waals surface area contributed by atoms with Gasteiger partial charge in [-0.25, -0.2) is 0 Å². The molecule has 0 spiro atoms. The molecule has 1 aromatic rings. The molecule has 0 aliphatic carbocycles. The fourth-order valence-electron chi connectivity index (χ4n) is 2.24. The molecule has 0 saturated carbocycles. The summed E-state index contributed by atoms with van der Waals surface area (Å²) in [6, 6.07) is 7.99. The molecule has 1 aromatic carbocycles. The molecular formula is C14H21NO3. The van der Waals surface area contributed by atoms with E-state index in [1.165, 1.54) is 0 Å². The molecule has 0 fully saturated rings. The van der Waals surface area contributed by atoms with Crippen molar-refractivity contribution in [2.75, 3.05) is 33.5 Å². The number of fused-ring (bicyclic) bond motifs is 1. The number of rotatable bonds is 6. The zero-order valence-electron chi connectivity index (χ0n) is 10.9. The molecule has 1 atom stereocenters. The standard InChI is InChI=1S/C14H21NO3/c1-16-10-11-17-8-6-14(15)7-9-18-13-5-3-2-4-12(13)14/h2-5H,6-11,15H2,1H3. The van der Waals surface area contributed by atoms with Crippen molar-refractivity contribution in [2.45, 2.75) is 18.4 Å². The average molecular weight is 251 g/mol. The Morgan fingerprint density at radius 2 is 2.11 bits per heavy atom. The summed E-state index contributed by atoms with van der Waals surface area (Å²) in [6.45, 7) is 2.56. The largest absolute Gasteiger partial charge is 0.493 e. The van der Waals surface area contributed by atoms with E-state index in [-0.39, 0.29) is 5.54 Å². The van der Waals surface area contributed by atoms with E-state index >= 15 is 0 Å². The number of ether oxygens (including phenoxy) is 3. The van der Waals surface area contributed by atoms with E-state index in [1.807, 2.05) is 24.3 Å². The minimum Gasteiger partial charge on any atom is -0.493 e. The Morgan fingerprint density at radius 3 is 2.94 bits per heavy atom. The van der Waals surface area contributed by atoms with Crippen LogP contribution in [0.2, 0.25) is 0 Å². The van der Waals surface area contributed by atoms with Gasteiger partial charge in [0.25, 0.3) is 0 Å². The zero-order chi connectivity index (χ0) is 12.8. The van der Waals surface area contributed by atoms with Crippen LogP contribution in [0.3, 0.4) is 0 Å². The molecule has 1 aliphatic heterocycles. The summed E-state index contributed by atoms with van der Waals surface area (Å²) in [7, 11) is 1.67. The van der Waals surface area contributed by atoms with Gasteiger partial charge in [-0.3, -0.25) is 0 Å². The molecule has 4 heteroatoms. The van der Waals surface area contributed by atoms with Crippen molar-refractivity contribution < 1.29 is 14.2 Å². The summed E-state index contributed by atoms with van der Waals surface area (Å²) >= 11 is 0. The van der Waals surface area contributed by atoms with Gasteiger partial charge in [0.05, 0.1) is 25.4 Å². The van der Waals surface area contributed by atoms with Crippen LogP contribution in [-0.2, 0) is 15.0 Å². The van der Waals surface area contributed by atoms with Gasteiger partial charge in [0.1, 0.15) is 5.75 Å². The van der Waals surface area contributed by atoms with Crippen LogP contribution in [0.5, 0.6) is 5.75 Å². The number of para-hydroxylation sites is 1. The first-order valence-electron chi connectivity index (χ1n) is 6.34. The maximum atomic E-state index is 6.49. The van der Waals surface area contributed by atoms with E-state index in [2.05, 4.69) is 0 Å². The first kappa shape index (κ1) is 13.3. The molecule has 2 N–H and O–H groups in total. The third-order valence-corrected chi connectivity index (χ3v) is 3.35. The van der Waals surface area contributed by atoms with Crippen LogP contribution in [0.25, 0.3) is 0 Å². The van der Waals surface area contributed by atoms with Gasteiger partial charge in [0, 0.05) is 25.7 Å². The molecule has 1 heterocycles. The van der Waals surface area contributed by atoms with Gasteiger partial charge in [0.2, 0.25) is 0 Å². The van der Waals surface area contributed by atoms with E-state index in [1.54, 1.807) is 7.11 Å². The third-order valence-electron chi connectivity index (χ3n) is 3.35. The predicted octanol–water partition coefficient (Wildman–Crippen LogP) is 1.68. The second kappa shape index (κ2) is 6.18. The number of nitrogens with two attached hydrogens (primary N) is 1. The Balaban J connectivity index is 1.95. The van der Waals surface area contributed by atoms with E-state index in [0.717, 1.165) is 24.2 Å². The molecule has 0 radical (unpaired) electrons. The molecule has 0 amide bonds. The highest BCUT2D eigenvalue weighted by Gasteiger charge is 2.33. The Bertz CT molecular complexity index is 383. The third kappa shape index (κ3) is 3.02. The quantitative estimate of drug-likeness (QED) is 0.781. The Kier molecular flexibility index (Phi) is 4.58. The SMILES string of the molecule is COCCOCCC1(N)CCOc2ccccc21. The van der Waals surface area contributed by atoms with Crippen molar-refractivity contribution in [3.05, 3.63) is 29.8 Å². The van der Waals surface area contributed by atoms with Crippen molar-refractivity contribution in [1.29, 1.82) is 0 Å². The van der Waals surface area contributed by atoms with E-state index in [0.29, 0.717) is 26.4 Å². The topological polar surface area (TPSA) is 53.7 Å². The van der Waals surface area contributed by atoms with Crippen molar-refractivity contribution in [3.63, 3.8) is 0 Å². The lowest BCUT2D eigenvalue weighted by atomic mass is 9.83. The summed E-state index contributed by atoms with van der Waals surface area (Å²) in [6.07, 6.45) is 1.63. The molecule has 4 nitrogen and oxygen atoms in total. The lowest BCUT2D eigenvalue weighted by Gasteiger charge is -2.35. The molecule has 0 saturated heterocycles. The van der Waals surface area contributed by atoms with Gasteiger partial charge in [-0.15, -0.1) is 0 Å². The highest BCUT2D eigenvalue weighted by atomic mass is 16.5. The Labute approximate surface area is 108 Å². The first-order valence-corrected chi connectivity index (χ1v) is 6.34. The molecule has 2 rings (SSSR count). The molecule has 100 valence electrons. The maximum absolute atomic E-state index is 6.49. The molecular weight excluding hydrogens is 230 g/mol. The van der Waals surface area contributed by atoms with Crippen LogP contribution in [-0.4, -0.2) is 33.5 Å². The molecule has 18 heavy (non-hydrogen) atoms. The first-order chi connectivity index (χ1) is 8.76. The number of methoxy groups -OCH3 is 1. The minimum atomic E-state index is -0.331. The van der Waals surface area contributed by atoms with Crippen molar-refractivity contribution in [3.8, 4) is 5.75 Å². The van der Waals surface area contributed by atoms with E-state index in [4.69, 9.17) is 19.9 Å². The summed E-state index contributed by atoms with van der Waals surface area (Å²) in [4.78, 5) is 0. The van der Waals surface area contributed by atoms with Crippen LogP contribution < -0.4 is 10.5 Å². The molecule has 1 aliphatic rings. The monoisotopic (exact) mass is 251 g/mol. The van der Waals surface area contributed by atoms with Crippen LogP contribution in [0.1, 0.15) is 18.4 Å². The number of benzene rings is 1. The smallest absolute Gasteiger partial charge is 0.124 e. The Morgan fingerprint density at radius 1 is 1.28 bits per heavy atom. The van der Waals surface area contributed by atoms with Crippen LogP contribution >= 0.6 is 0 Å². The van der Waals surface area contributed by atoms with Gasteiger partial charge < -0.3 is 19.9 Å². The average Bonchev–Trinajstić information content (AvgIpc) is 2.39. The summed E-state index contributed by atoms with van der Waals surface area (Å²) in [5, 5.41) is 0. The second-order valence-electron chi connectivity index (χ2n) is 4.61. The van der Waals surface area contributed by atoms with Gasteiger partial charge >= 0.3 is 0 Å².